The lowest BCUT2D eigenvalue weighted by atomic mass is 9.91. The van der Waals surface area contributed by atoms with Crippen LogP contribution in [0, 0.1) is 0 Å². The van der Waals surface area contributed by atoms with Crippen molar-refractivity contribution in [2.75, 3.05) is 20.2 Å². The molecule has 3 aliphatic heterocycles. The number of rotatable bonds is 4. The van der Waals surface area contributed by atoms with E-state index in [-0.39, 0.29) is 6.04 Å². The second kappa shape index (κ2) is 7.94. The Morgan fingerprint density at radius 1 is 1.06 bits per heavy atom. The Bertz CT molecular complexity index is 1120. The molecule has 1 aromatic heterocycles. The number of nitrogens with zero attached hydrogens (tertiary/aromatic N) is 3. The summed E-state index contributed by atoms with van der Waals surface area (Å²) in [7, 11) is 1.72. The standard InChI is InChI=1S/C26H27N3O2S/c1-30-23-10-5-9-20-22-17-21(24-11-6-16-32-24)27-29(22)26(31-25(20)23)12-14-28(15-13-26)18-19-7-3-2-4-8-19/h2-11,16,22H,12-15,17-18H2,1H3/t22-/m0/s1. The second-order valence-electron chi connectivity index (χ2n) is 8.78. The number of likely N-dealkylation sites (tertiary alicyclic amines) is 1. The molecule has 0 radical (unpaired) electrons. The van der Waals surface area contributed by atoms with Gasteiger partial charge in [0.05, 0.1) is 23.7 Å². The first-order valence-electron chi connectivity index (χ1n) is 11.3. The number of piperidine rings is 1. The Labute approximate surface area is 192 Å². The SMILES string of the molecule is COc1cccc2c1OC1(CCN(Cc3ccccc3)CC1)N1N=C(c3cccs3)C[C@@H]21. The van der Waals surface area contributed by atoms with Gasteiger partial charge in [0.15, 0.2) is 11.5 Å². The Morgan fingerprint density at radius 3 is 2.66 bits per heavy atom. The van der Waals surface area contributed by atoms with Gasteiger partial charge in [0.1, 0.15) is 0 Å². The maximum absolute atomic E-state index is 6.83. The maximum Gasteiger partial charge on any atom is 0.200 e. The molecule has 164 valence electrons. The van der Waals surface area contributed by atoms with Crippen molar-refractivity contribution in [3.8, 4) is 11.5 Å². The molecular weight excluding hydrogens is 418 g/mol. The molecule has 0 bridgehead atoms. The average molecular weight is 446 g/mol. The van der Waals surface area contributed by atoms with Crippen molar-refractivity contribution in [2.45, 2.75) is 37.6 Å². The largest absolute Gasteiger partial charge is 0.493 e. The van der Waals surface area contributed by atoms with E-state index in [4.69, 9.17) is 14.6 Å². The van der Waals surface area contributed by atoms with Crippen molar-refractivity contribution in [3.05, 3.63) is 82.0 Å². The first kappa shape index (κ1) is 19.8. The van der Waals surface area contributed by atoms with Crippen molar-refractivity contribution in [1.29, 1.82) is 0 Å². The highest BCUT2D eigenvalue weighted by molar-refractivity contribution is 7.12. The zero-order chi connectivity index (χ0) is 21.5. The third-order valence-corrected chi connectivity index (χ3v) is 7.82. The second-order valence-corrected chi connectivity index (χ2v) is 9.72. The van der Waals surface area contributed by atoms with Crippen LogP contribution in [0.4, 0.5) is 0 Å². The third-order valence-electron chi connectivity index (χ3n) is 6.90. The highest BCUT2D eigenvalue weighted by Gasteiger charge is 2.52. The van der Waals surface area contributed by atoms with Crippen LogP contribution in [0.15, 0.2) is 71.1 Å². The summed E-state index contributed by atoms with van der Waals surface area (Å²) < 4.78 is 12.5. The quantitative estimate of drug-likeness (QED) is 0.547. The van der Waals surface area contributed by atoms with E-state index in [1.165, 1.54) is 16.0 Å². The molecule has 1 fully saturated rings. The zero-order valence-electron chi connectivity index (χ0n) is 18.2. The van der Waals surface area contributed by atoms with Gasteiger partial charge in [-0.3, -0.25) is 4.90 Å². The maximum atomic E-state index is 6.83. The lowest BCUT2D eigenvalue weighted by molar-refractivity contribution is -0.151. The van der Waals surface area contributed by atoms with Gasteiger partial charge in [-0.15, -0.1) is 11.3 Å². The Balaban J connectivity index is 1.32. The highest BCUT2D eigenvalue weighted by atomic mass is 32.1. The number of methoxy groups -OCH3 is 1. The molecule has 6 heteroatoms. The van der Waals surface area contributed by atoms with Crippen LogP contribution >= 0.6 is 11.3 Å². The van der Waals surface area contributed by atoms with Gasteiger partial charge in [-0.2, -0.15) is 5.10 Å². The first-order chi connectivity index (χ1) is 15.8. The van der Waals surface area contributed by atoms with Crippen molar-refractivity contribution in [2.24, 2.45) is 5.10 Å². The number of hydrazone groups is 1. The number of thiophene rings is 1. The van der Waals surface area contributed by atoms with Gasteiger partial charge in [0.2, 0.25) is 5.72 Å². The Morgan fingerprint density at radius 2 is 1.91 bits per heavy atom. The van der Waals surface area contributed by atoms with Crippen molar-refractivity contribution < 1.29 is 9.47 Å². The van der Waals surface area contributed by atoms with Crippen LogP contribution in [0.3, 0.4) is 0 Å². The zero-order valence-corrected chi connectivity index (χ0v) is 19.1. The Hall–Kier alpha value is -2.83. The smallest absolute Gasteiger partial charge is 0.200 e. The molecule has 0 aliphatic carbocycles. The molecule has 6 rings (SSSR count). The molecule has 2 aromatic carbocycles. The van der Waals surface area contributed by atoms with Crippen LogP contribution < -0.4 is 9.47 Å². The van der Waals surface area contributed by atoms with E-state index < -0.39 is 5.72 Å². The van der Waals surface area contributed by atoms with Crippen LogP contribution in [-0.2, 0) is 6.54 Å². The molecule has 0 amide bonds. The van der Waals surface area contributed by atoms with Crippen LogP contribution in [0.1, 0.15) is 41.3 Å². The van der Waals surface area contributed by atoms with Crippen LogP contribution in [0.2, 0.25) is 0 Å². The summed E-state index contributed by atoms with van der Waals surface area (Å²) in [6, 6.07) is 21.4. The monoisotopic (exact) mass is 445 g/mol. The highest BCUT2D eigenvalue weighted by Crippen LogP contribution is 2.52. The molecular formula is C26H27N3O2S. The number of ether oxygens (including phenoxy) is 2. The van der Waals surface area contributed by atoms with E-state index >= 15 is 0 Å². The molecule has 1 atom stereocenters. The molecule has 0 saturated carbocycles. The number of fused-ring (bicyclic) bond motifs is 4. The van der Waals surface area contributed by atoms with Gasteiger partial charge in [0.25, 0.3) is 0 Å². The predicted octanol–water partition coefficient (Wildman–Crippen LogP) is 5.29. The summed E-state index contributed by atoms with van der Waals surface area (Å²) in [4.78, 5) is 3.77. The van der Waals surface area contributed by atoms with Crippen LogP contribution in [0.25, 0.3) is 0 Å². The van der Waals surface area contributed by atoms with E-state index in [1.54, 1.807) is 18.4 Å². The van der Waals surface area contributed by atoms with E-state index in [0.717, 1.165) is 56.1 Å². The predicted molar refractivity (Wildman–Crippen MR) is 127 cm³/mol. The molecule has 4 heterocycles. The van der Waals surface area contributed by atoms with Crippen molar-refractivity contribution >= 4 is 17.0 Å². The van der Waals surface area contributed by atoms with Gasteiger partial charge in [-0.25, -0.2) is 5.01 Å². The molecule has 3 aromatic rings. The van der Waals surface area contributed by atoms with Gasteiger partial charge >= 0.3 is 0 Å². The molecule has 0 unspecified atom stereocenters. The number of para-hydroxylation sites is 1. The normalized spacial score (nSPS) is 21.6. The lowest BCUT2D eigenvalue weighted by Crippen LogP contribution is -2.59. The Kier molecular flexibility index (Phi) is 4.92. The van der Waals surface area contributed by atoms with Gasteiger partial charge in [0, 0.05) is 44.5 Å². The van der Waals surface area contributed by atoms with Crippen LogP contribution in [-0.4, -0.2) is 41.5 Å². The first-order valence-corrected chi connectivity index (χ1v) is 12.2. The molecule has 1 saturated heterocycles. The fourth-order valence-corrected chi connectivity index (χ4v) is 5.98. The molecule has 3 aliphatic rings. The van der Waals surface area contributed by atoms with Gasteiger partial charge in [-0.05, 0) is 23.1 Å². The lowest BCUT2D eigenvalue weighted by Gasteiger charge is -2.51. The van der Waals surface area contributed by atoms with Crippen molar-refractivity contribution in [3.63, 3.8) is 0 Å². The van der Waals surface area contributed by atoms with E-state index in [0.29, 0.717) is 0 Å². The van der Waals surface area contributed by atoms with Crippen molar-refractivity contribution in [1.82, 2.24) is 9.91 Å². The summed E-state index contributed by atoms with van der Waals surface area (Å²) in [5.74, 6) is 1.72. The third kappa shape index (κ3) is 3.29. The van der Waals surface area contributed by atoms with E-state index in [2.05, 4.69) is 69.9 Å². The number of hydrogen-bond donors (Lipinski definition) is 0. The minimum Gasteiger partial charge on any atom is -0.493 e. The van der Waals surface area contributed by atoms with Gasteiger partial charge in [-0.1, -0.05) is 48.5 Å². The van der Waals surface area contributed by atoms with Crippen LogP contribution in [0.5, 0.6) is 11.5 Å². The summed E-state index contributed by atoms with van der Waals surface area (Å²) in [5.41, 5.74) is 3.27. The number of benzene rings is 2. The van der Waals surface area contributed by atoms with E-state index in [1.807, 2.05) is 6.07 Å². The molecule has 32 heavy (non-hydrogen) atoms. The minimum absolute atomic E-state index is 0.187. The minimum atomic E-state index is -0.432. The topological polar surface area (TPSA) is 37.3 Å². The fourth-order valence-electron chi connectivity index (χ4n) is 5.25. The summed E-state index contributed by atoms with van der Waals surface area (Å²) in [6.07, 6.45) is 2.73. The summed E-state index contributed by atoms with van der Waals surface area (Å²) in [5, 5.41) is 9.58. The average Bonchev–Trinajstić information content (AvgIpc) is 3.52. The molecule has 0 N–H and O–H groups in total. The number of hydrogen-bond acceptors (Lipinski definition) is 6. The molecule has 5 nitrogen and oxygen atoms in total. The molecule has 1 spiro atoms. The van der Waals surface area contributed by atoms with E-state index in [9.17, 15) is 0 Å². The summed E-state index contributed by atoms with van der Waals surface area (Å²) in [6.45, 7) is 2.93. The summed E-state index contributed by atoms with van der Waals surface area (Å²) >= 11 is 1.76. The van der Waals surface area contributed by atoms with Gasteiger partial charge < -0.3 is 9.47 Å². The fraction of sp³-hybridized carbons (Fsp3) is 0.346.